The van der Waals surface area contributed by atoms with E-state index >= 15 is 0 Å². The number of hydrogen-bond acceptors (Lipinski definition) is 5. The van der Waals surface area contributed by atoms with E-state index in [2.05, 4.69) is 5.16 Å². The molecular weight excluding hydrogens is 388 g/mol. The molecule has 5 rings (SSSR count). The van der Waals surface area contributed by atoms with Crippen LogP contribution in [0.3, 0.4) is 0 Å². The zero-order chi connectivity index (χ0) is 20.3. The maximum atomic E-state index is 13.3. The van der Waals surface area contributed by atoms with Gasteiger partial charge in [0, 0.05) is 10.9 Å². The second-order valence-electron chi connectivity index (χ2n) is 6.95. The SMILES string of the molecule is Cc1noc(C)c1-c1ccc2c3c(cccc13)C(=O)N2S(=O)(=O)c1ccccc1. The van der Waals surface area contributed by atoms with E-state index in [-0.39, 0.29) is 4.90 Å². The molecule has 4 aromatic rings. The number of aryl methyl sites for hydroxylation is 2. The summed E-state index contributed by atoms with van der Waals surface area (Å²) in [6, 6.07) is 16.8. The Bertz CT molecular complexity index is 1390. The fourth-order valence-corrected chi connectivity index (χ4v) is 5.42. The van der Waals surface area contributed by atoms with Gasteiger partial charge < -0.3 is 4.52 Å². The molecule has 0 fully saturated rings. The molecule has 0 radical (unpaired) electrons. The Morgan fingerprint density at radius 2 is 1.66 bits per heavy atom. The number of carbonyl (C=O) groups is 1. The summed E-state index contributed by atoms with van der Waals surface area (Å²) in [5, 5.41) is 5.43. The third-order valence-electron chi connectivity index (χ3n) is 5.24. The molecule has 0 aliphatic carbocycles. The highest BCUT2D eigenvalue weighted by molar-refractivity contribution is 7.93. The van der Waals surface area contributed by atoms with Gasteiger partial charge in [0.2, 0.25) is 0 Å². The van der Waals surface area contributed by atoms with Crippen molar-refractivity contribution < 1.29 is 17.7 Å². The molecule has 144 valence electrons. The molecule has 1 aliphatic heterocycles. The van der Waals surface area contributed by atoms with E-state index in [0.717, 1.165) is 26.5 Å². The molecule has 0 saturated heterocycles. The molecule has 0 spiro atoms. The van der Waals surface area contributed by atoms with Crippen molar-refractivity contribution in [2.24, 2.45) is 0 Å². The van der Waals surface area contributed by atoms with Crippen LogP contribution in [0.15, 0.2) is 70.1 Å². The second-order valence-corrected chi connectivity index (χ2v) is 8.73. The Kier molecular flexibility index (Phi) is 3.66. The molecule has 29 heavy (non-hydrogen) atoms. The maximum absolute atomic E-state index is 13.3. The summed E-state index contributed by atoms with van der Waals surface area (Å²) in [6.45, 7) is 3.68. The van der Waals surface area contributed by atoms with Crippen molar-refractivity contribution in [3.05, 3.63) is 77.7 Å². The number of amides is 1. The molecule has 2 heterocycles. The first-order chi connectivity index (χ1) is 13.9. The van der Waals surface area contributed by atoms with E-state index in [1.165, 1.54) is 12.1 Å². The smallest absolute Gasteiger partial charge is 0.273 e. The van der Waals surface area contributed by atoms with Gasteiger partial charge in [-0.25, -0.2) is 8.42 Å². The van der Waals surface area contributed by atoms with Gasteiger partial charge in [-0.05, 0) is 49.1 Å². The molecule has 0 unspecified atom stereocenters. The summed E-state index contributed by atoms with van der Waals surface area (Å²) in [6.07, 6.45) is 0. The van der Waals surface area contributed by atoms with E-state index in [4.69, 9.17) is 4.52 Å². The summed E-state index contributed by atoms with van der Waals surface area (Å²) in [5.41, 5.74) is 3.17. The third kappa shape index (κ3) is 2.37. The standard InChI is InChI=1S/C22H16N2O4S/c1-13-20(14(2)28-23-13)17-11-12-19-21-16(17)9-6-10-18(21)22(25)24(19)29(26,27)15-7-4-3-5-8-15/h3-12H,1-2H3. The van der Waals surface area contributed by atoms with Crippen molar-refractivity contribution in [1.82, 2.24) is 5.16 Å². The normalized spacial score (nSPS) is 13.4. The minimum Gasteiger partial charge on any atom is -0.361 e. The van der Waals surface area contributed by atoms with Crippen LogP contribution in [0.2, 0.25) is 0 Å². The van der Waals surface area contributed by atoms with Crippen LogP contribution >= 0.6 is 0 Å². The number of benzene rings is 3. The van der Waals surface area contributed by atoms with E-state index in [0.29, 0.717) is 22.4 Å². The summed E-state index contributed by atoms with van der Waals surface area (Å²) in [5.74, 6) is 0.117. The molecule has 6 nitrogen and oxygen atoms in total. The molecule has 0 saturated carbocycles. The van der Waals surface area contributed by atoms with Gasteiger partial charge in [-0.2, -0.15) is 4.31 Å². The first kappa shape index (κ1) is 17.6. The van der Waals surface area contributed by atoms with Crippen LogP contribution in [0.5, 0.6) is 0 Å². The van der Waals surface area contributed by atoms with Gasteiger partial charge in [0.05, 0.1) is 21.8 Å². The van der Waals surface area contributed by atoms with Crippen LogP contribution in [-0.4, -0.2) is 19.5 Å². The predicted octanol–water partition coefficient (Wildman–Crippen LogP) is 4.46. The number of sulfonamides is 1. The molecular formula is C22H16N2O4S. The Morgan fingerprint density at radius 1 is 0.897 bits per heavy atom. The Balaban J connectivity index is 1.79. The maximum Gasteiger partial charge on any atom is 0.273 e. The Labute approximate surface area is 167 Å². The lowest BCUT2D eigenvalue weighted by molar-refractivity contribution is 0.101. The topological polar surface area (TPSA) is 80.5 Å². The number of rotatable bonds is 3. The number of anilines is 1. The highest BCUT2D eigenvalue weighted by atomic mass is 32.2. The van der Waals surface area contributed by atoms with Crippen LogP contribution < -0.4 is 4.31 Å². The van der Waals surface area contributed by atoms with Gasteiger partial charge in [0.15, 0.2) is 0 Å². The fraction of sp³-hybridized carbons (Fsp3) is 0.0909. The highest BCUT2D eigenvalue weighted by Crippen LogP contribution is 2.44. The lowest BCUT2D eigenvalue weighted by Gasteiger charge is -2.18. The van der Waals surface area contributed by atoms with Gasteiger partial charge in [0.25, 0.3) is 15.9 Å². The van der Waals surface area contributed by atoms with Crippen molar-refractivity contribution in [1.29, 1.82) is 0 Å². The average molecular weight is 404 g/mol. The van der Waals surface area contributed by atoms with E-state index in [1.807, 2.05) is 26.0 Å². The molecule has 0 atom stereocenters. The highest BCUT2D eigenvalue weighted by Gasteiger charge is 2.39. The minimum absolute atomic E-state index is 0.0732. The summed E-state index contributed by atoms with van der Waals surface area (Å²) < 4.78 is 32.7. The van der Waals surface area contributed by atoms with Gasteiger partial charge in [0.1, 0.15) is 5.76 Å². The largest absolute Gasteiger partial charge is 0.361 e. The molecule has 7 heteroatoms. The van der Waals surface area contributed by atoms with Gasteiger partial charge in [-0.3, -0.25) is 4.79 Å². The van der Waals surface area contributed by atoms with Gasteiger partial charge in [-0.1, -0.05) is 41.6 Å². The number of aromatic nitrogens is 1. The fourth-order valence-electron chi connectivity index (χ4n) is 3.98. The van der Waals surface area contributed by atoms with E-state index in [9.17, 15) is 13.2 Å². The monoisotopic (exact) mass is 404 g/mol. The van der Waals surface area contributed by atoms with Gasteiger partial charge in [-0.15, -0.1) is 0 Å². The molecule has 1 amide bonds. The Morgan fingerprint density at radius 3 is 2.34 bits per heavy atom. The van der Waals surface area contributed by atoms with Gasteiger partial charge >= 0.3 is 0 Å². The molecule has 0 bridgehead atoms. The van der Waals surface area contributed by atoms with Crippen molar-refractivity contribution >= 4 is 32.4 Å². The molecule has 1 aromatic heterocycles. The van der Waals surface area contributed by atoms with Crippen LogP contribution in [0.25, 0.3) is 21.9 Å². The second kappa shape index (κ2) is 6.02. The van der Waals surface area contributed by atoms with Crippen LogP contribution in [0.4, 0.5) is 5.69 Å². The van der Waals surface area contributed by atoms with E-state index in [1.54, 1.807) is 36.4 Å². The van der Waals surface area contributed by atoms with Crippen molar-refractivity contribution in [2.75, 3.05) is 4.31 Å². The summed E-state index contributed by atoms with van der Waals surface area (Å²) >= 11 is 0. The number of hydrogen-bond donors (Lipinski definition) is 0. The quantitative estimate of drug-likeness (QED) is 0.504. The molecule has 3 aromatic carbocycles. The van der Waals surface area contributed by atoms with E-state index < -0.39 is 15.9 Å². The zero-order valence-corrected chi connectivity index (χ0v) is 16.5. The molecule has 0 N–H and O–H groups in total. The number of carbonyl (C=O) groups excluding carboxylic acids is 1. The van der Waals surface area contributed by atoms with Crippen LogP contribution in [-0.2, 0) is 10.0 Å². The van der Waals surface area contributed by atoms with Crippen LogP contribution in [0, 0.1) is 13.8 Å². The van der Waals surface area contributed by atoms with Crippen LogP contribution in [0.1, 0.15) is 21.8 Å². The Hall–Kier alpha value is -3.45. The summed E-state index contributed by atoms with van der Waals surface area (Å²) in [4.78, 5) is 13.2. The summed E-state index contributed by atoms with van der Waals surface area (Å²) in [7, 11) is -4.03. The lowest BCUT2D eigenvalue weighted by atomic mass is 9.95. The third-order valence-corrected chi connectivity index (χ3v) is 6.95. The van der Waals surface area contributed by atoms with Crippen molar-refractivity contribution in [3.8, 4) is 11.1 Å². The first-order valence-electron chi connectivity index (χ1n) is 9.05. The minimum atomic E-state index is -4.03. The number of nitrogens with zero attached hydrogens (tertiary/aromatic N) is 2. The van der Waals surface area contributed by atoms with Crippen molar-refractivity contribution in [2.45, 2.75) is 18.7 Å². The average Bonchev–Trinajstić information content (AvgIpc) is 3.21. The predicted molar refractivity (Wildman–Crippen MR) is 109 cm³/mol. The lowest BCUT2D eigenvalue weighted by Crippen LogP contribution is -2.33. The molecule has 1 aliphatic rings. The van der Waals surface area contributed by atoms with Crippen molar-refractivity contribution in [3.63, 3.8) is 0 Å². The zero-order valence-electron chi connectivity index (χ0n) is 15.7. The first-order valence-corrected chi connectivity index (χ1v) is 10.5.